The monoisotopic (exact) mass is 1040 g/mol. The first-order valence-electron chi connectivity index (χ1n) is 19.4. The summed E-state index contributed by atoms with van der Waals surface area (Å²) in [5.41, 5.74) is -11.0. The Morgan fingerprint density at radius 3 is 1.08 bits per heavy atom. The summed E-state index contributed by atoms with van der Waals surface area (Å²) in [5, 5.41) is 0.593. The van der Waals surface area contributed by atoms with Crippen molar-refractivity contribution in [2.24, 2.45) is 0 Å². The highest BCUT2D eigenvalue weighted by Gasteiger charge is 2.52. The molecule has 1 heterocycles. The van der Waals surface area contributed by atoms with Crippen LogP contribution < -0.4 is 31.2 Å². The van der Waals surface area contributed by atoms with Crippen molar-refractivity contribution in [1.82, 2.24) is 0 Å². The van der Waals surface area contributed by atoms with Crippen molar-refractivity contribution in [3.05, 3.63) is 211 Å². The molecule has 368 valence electrons. The molecule has 0 atom stereocenters. The zero-order chi connectivity index (χ0) is 52.3. The van der Waals surface area contributed by atoms with E-state index in [2.05, 4.69) is 12.1 Å². The van der Waals surface area contributed by atoms with Gasteiger partial charge in [-0.2, -0.15) is 4.57 Å². The minimum Gasteiger partial charge on any atom is -0.418 e. The SMILES string of the molecule is Cc1ccc(OC(=O)c2sc3ccccc3[n+]2Cc2ccccc2)cc1.Fc1c(F)c(F)c([B-](c2c(F)c(F)c(F)c(F)c2F)(c2c(F)c(F)c(F)c(F)c2F)c2c(F)c(F)c(F)c(F)c2F)c(F)c1F. The molecule has 0 saturated heterocycles. The lowest BCUT2D eigenvalue weighted by atomic mass is 9.12. The molecular formula is C46H18BF20NO2S. The predicted octanol–water partition coefficient (Wildman–Crippen LogP) is 10.6. The Morgan fingerprint density at radius 1 is 0.423 bits per heavy atom. The molecule has 0 radical (unpaired) electrons. The second kappa shape index (κ2) is 19.4. The van der Waals surface area contributed by atoms with Crippen LogP contribution in [-0.2, 0) is 6.54 Å². The molecule has 0 saturated carbocycles. The molecule has 0 N–H and O–H groups in total. The van der Waals surface area contributed by atoms with Crippen LogP contribution in [0.25, 0.3) is 10.2 Å². The Bertz CT molecular complexity index is 3080. The fourth-order valence-electron chi connectivity index (χ4n) is 7.74. The minimum atomic E-state index is -7.22. The number of halogens is 20. The second-order valence-electron chi connectivity index (χ2n) is 14.9. The van der Waals surface area contributed by atoms with E-state index in [1.54, 1.807) is 0 Å². The van der Waals surface area contributed by atoms with Crippen LogP contribution in [0, 0.1) is 123 Å². The number of esters is 1. The van der Waals surface area contributed by atoms with Crippen LogP contribution in [-0.4, -0.2) is 12.1 Å². The van der Waals surface area contributed by atoms with Crippen molar-refractivity contribution in [2.45, 2.75) is 13.5 Å². The standard InChI is InChI=1S/C24BF20.C22H18NO2S/c26-5-1(6(27)14(35)21(42)13(5)34)25(2-7(28)15(36)22(43)16(37)8(2)29,3-9(30)17(38)23(44)18(39)10(3)31)4-11(32)19(40)24(45)20(41)12(4)33;1-16-11-13-18(14-12-16)25-22(24)21-23(15-17-7-3-2-4-8-17)19-9-5-6-10-20(19)26-21/h;2-14H,15H2,1H3/q-1;+1. The molecule has 1 aromatic heterocycles. The third kappa shape index (κ3) is 8.37. The Hall–Kier alpha value is -7.44. The molecule has 8 aromatic rings. The van der Waals surface area contributed by atoms with Crippen LogP contribution in [0.5, 0.6) is 5.75 Å². The quantitative estimate of drug-likeness (QED) is 0.0289. The van der Waals surface area contributed by atoms with Gasteiger partial charge < -0.3 is 4.74 Å². The molecule has 7 aromatic carbocycles. The maximum atomic E-state index is 15.4. The molecule has 0 amide bonds. The predicted molar refractivity (Wildman–Crippen MR) is 213 cm³/mol. The first kappa shape index (κ1) is 51.4. The highest BCUT2D eigenvalue weighted by molar-refractivity contribution is 7.20. The van der Waals surface area contributed by atoms with Crippen LogP contribution in [0.4, 0.5) is 87.8 Å². The summed E-state index contributed by atoms with van der Waals surface area (Å²) in [6.07, 6.45) is -7.22. The normalized spacial score (nSPS) is 11.6. The lowest BCUT2D eigenvalue weighted by Crippen LogP contribution is -2.81. The van der Waals surface area contributed by atoms with Gasteiger partial charge in [0, 0.05) is 11.6 Å². The van der Waals surface area contributed by atoms with Gasteiger partial charge in [-0.05, 0) is 25.1 Å². The highest BCUT2D eigenvalue weighted by atomic mass is 32.1. The molecule has 0 aliphatic heterocycles. The van der Waals surface area contributed by atoms with E-state index in [1.807, 2.05) is 78.2 Å². The summed E-state index contributed by atoms with van der Waals surface area (Å²) in [5.74, 6) is -71.2. The topological polar surface area (TPSA) is 30.2 Å². The van der Waals surface area contributed by atoms with Gasteiger partial charge in [-0.25, -0.2) is 92.6 Å². The molecule has 0 aliphatic carbocycles. The van der Waals surface area contributed by atoms with Gasteiger partial charge in [-0.15, -0.1) is 21.9 Å². The zero-order valence-corrected chi connectivity index (χ0v) is 35.3. The molecule has 0 unspecified atom stereocenters. The molecular weight excluding hydrogens is 1020 g/mol. The van der Waals surface area contributed by atoms with Gasteiger partial charge in [0.25, 0.3) is 0 Å². The van der Waals surface area contributed by atoms with Gasteiger partial charge in [0.1, 0.15) is 63.1 Å². The summed E-state index contributed by atoms with van der Waals surface area (Å²) in [6.45, 7) is 2.63. The molecule has 8 rings (SSSR count). The van der Waals surface area contributed by atoms with Crippen molar-refractivity contribution in [3.63, 3.8) is 0 Å². The lowest BCUT2D eigenvalue weighted by Gasteiger charge is -2.44. The second-order valence-corrected chi connectivity index (χ2v) is 16.0. The Morgan fingerprint density at radius 2 is 0.732 bits per heavy atom. The van der Waals surface area contributed by atoms with Crippen molar-refractivity contribution in [1.29, 1.82) is 0 Å². The number of nitrogens with zero attached hydrogens (tertiary/aromatic N) is 1. The van der Waals surface area contributed by atoms with Crippen LogP contribution in [0.3, 0.4) is 0 Å². The van der Waals surface area contributed by atoms with E-state index in [-0.39, 0.29) is 5.97 Å². The highest BCUT2D eigenvalue weighted by Crippen LogP contribution is 2.31. The average molecular weight is 1040 g/mol. The fraction of sp³-hybridized carbons (Fsp3) is 0.0435. The summed E-state index contributed by atoms with van der Waals surface area (Å²) in [6, 6.07) is 25.7. The summed E-state index contributed by atoms with van der Waals surface area (Å²) >= 11 is 1.46. The first-order valence-corrected chi connectivity index (χ1v) is 20.2. The molecule has 0 bridgehead atoms. The molecule has 3 nitrogen and oxygen atoms in total. The Kier molecular flexibility index (Phi) is 14.0. The van der Waals surface area contributed by atoms with E-state index in [0.29, 0.717) is 17.3 Å². The van der Waals surface area contributed by atoms with Crippen molar-refractivity contribution in [2.75, 3.05) is 0 Å². The summed E-state index contributed by atoms with van der Waals surface area (Å²) in [7, 11) is 0. The van der Waals surface area contributed by atoms with Gasteiger partial charge in [0.15, 0.2) is 76.4 Å². The average Bonchev–Trinajstić information content (AvgIpc) is 3.73. The number of para-hydroxylation sites is 1. The number of aryl methyl sites for hydroxylation is 1. The molecule has 0 aliphatic rings. The smallest absolute Gasteiger partial charge is 0.418 e. The van der Waals surface area contributed by atoms with E-state index in [0.717, 1.165) is 21.3 Å². The summed E-state index contributed by atoms with van der Waals surface area (Å²) in [4.78, 5) is 12.8. The van der Waals surface area contributed by atoms with Gasteiger partial charge in [0.05, 0.1) is 0 Å². The minimum absolute atomic E-state index is 0.328. The Balaban J connectivity index is 0.000000240. The molecule has 71 heavy (non-hydrogen) atoms. The maximum absolute atomic E-state index is 15.4. The number of carbonyl (C=O) groups excluding carboxylic acids is 1. The van der Waals surface area contributed by atoms with Crippen LogP contribution in [0.1, 0.15) is 20.9 Å². The molecule has 0 spiro atoms. The van der Waals surface area contributed by atoms with Crippen LogP contribution in [0.2, 0.25) is 0 Å². The zero-order valence-electron chi connectivity index (χ0n) is 34.5. The van der Waals surface area contributed by atoms with E-state index in [1.165, 1.54) is 11.3 Å². The van der Waals surface area contributed by atoms with Crippen molar-refractivity contribution in [3.8, 4) is 5.75 Å². The maximum Gasteiger partial charge on any atom is 0.420 e. The number of rotatable bonds is 8. The van der Waals surface area contributed by atoms with Gasteiger partial charge in [-0.3, -0.25) is 0 Å². The fourth-order valence-corrected chi connectivity index (χ4v) is 8.78. The number of hydrogen-bond donors (Lipinski definition) is 0. The molecule has 25 heteroatoms. The van der Waals surface area contributed by atoms with E-state index in [9.17, 15) is 57.5 Å². The van der Waals surface area contributed by atoms with E-state index < -0.39 is 144 Å². The number of ether oxygens (including phenoxy) is 1. The van der Waals surface area contributed by atoms with Gasteiger partial charge >= 0.3 is 11.0 Å². The van der Waals surface area contributed by atoms with Gasteiger partial charge in [0.2, 0.25) is 5.52 Å². The number of hydrogen-bond acceptors (Lipinski definition) is 3. The van der Waals surface area contributed by atoms with Gasteiger partial charge in [-0.1, -0.05) is 71.5 Å². The number of benzene rings is 7. The number of thiazole rings is 1. The third-order valence-electron chi connectivity index (χ3n) is 10.9. The first-order chi connectivity index (χ1) is 33.4. The van der Waals surface area contributed by atoms with E-state index in [4.69, 9.17) is 4.74 Å². The van der Waals surface area contributed by atoms with E-state index >= 15 is 35.1 Å². The number of carbonyl (C=O) groups is 1. The van der Waals surface area contributed by atoms with Crippen molar-refractivity contribution < 1.29 is 102 Å². The Labute approximate surface area is 387 Å². The lowest BCUT2D eigenvalue weighted by molar-refractivity contribution is -0.660. The van der Waals surface area contributed by atoms with Crippen LogP contribution in [0.15, 0.2) is 78.9 Å². The van der Waals surface area contributed by atoms with Crippen LogP contribution >= 0.6 is 11.3 Å². The molecule has 0 fully saturated rings. The van der Waals surface area contributed by atoms with Crippen molar-refractivity contribution >= 4 is 55.5 Å². The summed E-state index contributed by atoms with van der Waals surface area (Å²) < 4.78 is 303. The largest absolute Gasteiger partial charge is 0.420 e. The number of aromatic nitrogens is 1. The third-order valence-corrected chi connectivity index (χ3v) is 12.1. The number of fused-ring (bicyclic) bond motifs is 1.